The molecule has 0 spiro atoms. The number of carbonyl (C=O) groups excluding carboxylic acids is 1. The molecule has 116 valence electrons. The number of nitrogens with zero attached hydrogens (tertiary/aromatic N) is 1. The molecule has 1 N–H and O–H groups in total. The summed E-state index contributed by atoms with van der Waals surface area (Å²) >= 11 is 0. The highest BCUT2D eigenvalue weighted by molar-refractivity contribution is 5.82. The summed E-state index contributed by atoms with van der Waals surface area (Å²) in [5.74, 6) is 0.799. The standard InChI is InChI=1S/C18H28N2O/c1-14(2)16-8-6-15(7-9-16)12-20(4)17(21)18(3)10-5-11-19-13-18/h6-9,14,19H,5,10-13H2,1-4H3. The van der Waals surface area contributed by atoms with Crippen molar-refractivity contribution in [3.63, 3.8) is 0 Å². The SMILES string of the molecule is CC(C)c1ccc(CN(C)C(=O)C2(C)CCCNC2)cc1. The van der Waals surface area contributed by atoms with Crippen LogP contribution in [0.3, 0.4) is 0 Å². The van der Waals surface area contributed by atoms with Gasteiger partial charge in [0.2, 0.25) is 5.91 Å². The lowest BCUT2D eigenvalue weighted by molar-refractivity contribution is -0.141. The van der Waals surface area contributed by atoms with Crippen molar-refractivity contribution in [1.29, 1.82) is 0 Å². The first kappa shape index (κ1) is 16.0. The van der Waals surface area contributed by atoms with E-state index in [0.717, 1.165) is 25.9 Å². The Labute approximate surface area is 128 Å². The smallest absolute Gasteiger partial charge is 0.229 e. The number of rotatable bonds is 4. The Morgan fingerprint density at radius 2 is 2.00 bits per heavy atom. The molecule has 1 fully saturated rings. The van der Waals surface area contributed by atoms with E-state index in [1.54, 1.807) is 0 Å². The van der Waals surface area contributed by atoms with Crippen LogP contribution in [0.2, 0.25) is 0 Å². The van der Waals surface area contributed by atoms with Gasteiger partial charge >= 0.3 is 0 Å². The second kappa shape index (κ2) is 6.61. The zero-order valence-electron chi connectivity index (χ0n) is 13.8. The van der Waals surface area contributed by atoms with Crippen molar-refractivity contribution in [3.8, 4) is 0 Å². The Bertz CT molecular complexity index is 472. The molecule has 1 atom stereocenters. The maximum Gasteiger partial charge on any atom is 0.229 e. The lowest BCUT2D eigenvalue weighted by atomic mass is 9.81. The van der Waals surface area contributed by atoms with Gasteiger partial charge in [-0.15, -0.1) is 0 Å². The van der Waals surface area contributed by atoms with Crippen molar-refractivity contribution in [1.82, 2.24) is 10.2 Å². The quantitative estimate of drug-likeness (QED) is 0.923. The largest absolute Gasteiger partial charge is 0.341 e. The van der Waals surface area contributed by atoms with Gasteiger partial charge in [-0.2, -0.15) is 0 Å². The number of amides is 1. The molecule has 2 rings (SSSR count). The normalized spacial score (nSPS) is 22.3. The van der Waals surface area contributed by atoms with Crippen LogP contribution in [0.1, 0.15) is 50.7 Å². The number of benzene rings is 1. The number of piperidine rings is 1. The van der Waals surface area contributed by atoms with Gasteiger partial charge in [0.05, 0.1) is 5.41 Å². The summed E-state index contributed by atoms with van der Waals surface area (Å²) in [5, 5.41) is 3.35. The van der Waals surface area contributed by atoms with Crippen LogP contribution in [-0.4, -0.2) is 30.9 Å². The first-order valence-corrected chi connectivity index (χ1v) is 7.97. The Morgan fingerprint density at radius 3 is 2.52 bits per heavy atom. The van der Waals surface area contributed by atoms with Crippen LogP contribution >= 0.6 is 0 Å². The maximum atomic E-state index is 12.7. The van der Waals surface area contributed by atoms with Crippen LogP contribution in [0.4, 0.5) is 0 Å². The molecule has 0 aliphatic carbocycles. The molecule has 1 heterocycles. The summed E-state index contributed by atoms with van der Waals surface area (Å²) in [6.45, 7) is 8.99. The van der Waals surface area contributed by atoms with Gasteiger partial charge in [-0.05, 0) is 43.4 Å². The lowest BCUT2D eigenvalue weighted by Gasteiger charge is -2.36. The zero-order valence-corrected chi connectivity index (χ0v) is 13.8. The summed E-state index contributed by atoms with van der Waals surface area (Å²) < 4.78 is 0. The molecule has 1 aromatic carbocycles. The second-order valence-corrected chi connectivity index (χ2v) is 6.90. The van der Waals surface area contributed by atoms with E-state index >= 15 is 0 Å². The van der Waals surface area contributed by atoms with Gasteiger partial charge in [0.15, 0.2) is 0 Å². The number of carbonyl (C=O) groups is 1. The highest BCUT2D eigenvalue weighted by Crippen LogP contribution is 2.28. The second-order valence-electron chi connectivity index (χ2n) is 6.90. The van der Waals surface area contributed by atoms with E-state index in [1.165, 1.54) is 11.1 Å². The summed E-state index contributed by atoms with van der Waals surface area (Å²) in [7, 11) is 1.92. The van der Waals surface area contributed by atoms with Gasteiger partial charge in [0.25, 0.3) is 0 Å². The fraction of sp³-hybridized carbons (Fsp3) is 0.611. The monoisotopic (exact) mass is 288 g/mol. The topological polar surface area (TPSA) is 32.3 Å². The molecular formula is C18H28N2O. The fourth-order valence-corrected chi connectivity index (χ4v) is 3.05. The Morgan fingerprint density at radius 1 is 1.33 bits per heavy atom. The van der Waals surface area contributed by atoms with Gasteiger partial charge in [-0.1, -0.05) is 38.1 Å². The Hall–Kier alpha value is -1.35. The molecule has 1 aromatic rings. The molecule has 1 aliphatic rings. The van der Waals surface area contributed by atoms with Gasteiger partial charge < -0.3 is 10.2 Å². The molecular weight excluding hydrogens is 260 g/mol. The van der Waals surface area contributed by atoms with Crippen molar-refractivity contribution in [3.05, 3.63) is 35.4 Å². The average molecular weight is 288 g/mol. The molecule has 1 saturated heterocycles. The minimum absolute atomic E-state index is 0.245. The van der Waals surface area contributed by atoms with E-state index in [9.17, 15) is 4.79 Å². The minimum Gasteiger partial charge on any atom is -0.341 e. The summed E-state index contributed by atoms with van der Waals surface area (Å²) in [5.41, 5.74) is 2.30. The summed E-state index contributed by atoms with van der Waals surface area (Å²) in [6, 6.07) is 8.62. The maximum absolute atomic E-state index is 12.7. The third-order valence-corrected chi connectivity index (χ3v) is 4.53. The predicted octanol–water partition coefficient (Wildman–Crippen LogP) is 3.16. The highest BCUT2D eigenvalue weighted by atomic mass is 16.2. The van der Waals surface area contributed by atoms with Crippen LogP contribution < -0.4 is 5.32 Å². The van der Waals surface area contributed by atoms with E-state index in [0.29, 0.717) is 12.5 Å². The van der Waals surface area contributed by atoms with E-state index in [-0.39, 0.29) is 11.3 Å². The van der Waals surface area contributed by atoms with E-state index in [2.05, 4.69) is 50.4 Å². The first-order valence-electron chi connectivity index (χ1n) is 7.97. The number of nitrogens with one attached hydrogen (secondary N) is 1. The van der Waals surface area contributed by atoms with Gasteiger partial charge in [-0.3, -0.25) is 4.79 Å². The molecule has 1 aliphatic heterocycles. The molecule has 3 heteroatoms. The van der Waals surface area contributed by atoms with Crippen molar-refractivity contribution < 1.29 is 4.79 Å². The third kappa shape index (κ3) is 3.85. The summed E-state index contributed by atoms with van der Waals surface area (Å²) in [4.78, 5) is 14.6. The van der Waals surface area contributed by atoms with Crippen LogP contribution in [0.5, 0.6) is 0 Å². The molecule has 1 amide bonds. The lowest BCUT2D eigenvalue weighted by Crippen LogP contribution is -2.48. The third-order valence-electron chi connectivity index (χ3n) is 4.53. The molecule has 0 bridgehead atoms. The van der Waals surface area contributed by atoms with Crippen LogP contribution in [0, 0.1) is 5.41 Å². The van der Waals surface area contributed by atoms with Crippen LogP contribution in [0.15, 0.2) is 24.3 Å². The van der Waals surface area contributed by atoms with E-state index in [1.807, 2.05) is 11.9 Å². The first-order chi connectivity index (χ1) is 9.92. The fourth-order valence-electron chi connectivity index (χ4n) is 3.05. The Kier molecular flexibility index (Phi) is 5.04. The van der Waals surface area contributed by atoms with Crippen LogP contribution in [0.25, 0.3) is 0 Å². The van der Waals surface area contributed by atoms with Crippen molar-refractivity contribution in [2.45, 2.75) is 46.1 Å². The molecule has 1 unspecified atom stereocenters. The van der Waals surface area contributed by atoms with Crippen molar-refractivity contribution in [2.75, 3.05) is 20.1 Å². The summed E-state index contributed by atoms with van der Waals surface area (Å²) in [6.07, 6.45) is 2.06. The molecule has 3 nitrogen and oxygen atoms in total. The number of hydrogen-bond donors (Lipinski definition) is 1. The van der Waals surface area contributed by atoms with Crippen molar-refractivity contribution >= 4 is 5.91 Å². The van der Waals surface area contributed by atoms with Gasteiger partial charge in [-0.25, -0.2) is 0 Å². The minimum atomic E-state index is -0.245. The molecule has 21 heavy (non-hydrogen) atoms. The van der Waals surface area contributed by atoms with Crippen LogP contribution in [-0.2, 0) is 11.3 Å². The zero-order chi connectivity index (χ0) is 15.5. The van der Waals surface area contributed by atoms with Gasteiger partial charge in [0.1, 0.15) is 0 Å². The number of hydrogen-bond acceptors (Lipinski definition) is 2. The average Bonchev–Trinajstić information content (AvgIpc) is 2.47. The molecule has 0 aromatic heterocycles. The van der Waals surface area contributed by atoms with E-state index in [4.69, 9.17) is 0 Å². The Balaban J connectivity index is 2.00. The molecule has 0 radical (unpaired) electrons. The van der Waals surface area contributed by atoms with E-state index < -0.39 is 0 Å². The highest BCUT2D eigenvalue weighted by Gasteiger charge is 2.36. The predicted molar refractivity (Wildman–Crippen MR) is 87.2 cm³/mol. The van der Waals surface area contributed by atoms with Crippen molar-refractivity contribution in [2.24, 2.45) is 5.41 Å². The van der Waals surface area contributed by atoms with Gasteiger partial charge in [0, 0.05) is 20.1 Å². The molecule has 0 saturated carbocycles.